The van der Waals surface area contributed by atoms with Crippen LogP contribution in [0.1, 0.15) is 29.2 Å². The van der Waals surface area contributed by atoms with E-state index in [4.69, 9.17) is 0 Å². The molecule has 0 bridgehead atoms. The second-order valence-electron chi connectivity index (χ2n) is 7.68. The van der Waals surface area contributed by atoms with Crippen LogP contribution in [0.3, 0.4) is 0 Å². The molecule has 32 heavy (non-hydrogen) atoms. The van der Waals surface area contributed by atoms with E-state index < -0.39 is 26.1 Å². The van der Waals surface area contributed by atoms with Crippen LogP contribution in [0.4, 0.5) is 5.69 Å². The van der Waals surface area contributed by atoms with Crippen LogP contribution in [-0.2, 0) is 20.0 Å². The Morgan fingerprint density at radius 1 is 0.906 bits per heavy atom. The highest BCUT2D eigenvalue weighted by Crippen LogP contribution is 2.38. The predicted octanol–water partition coefficient (Wildman–Crippen LogP) is 3.91. The molecule has 1 aliphatic heterocycles. The van der Waals surface area contributed by atoms with Gasteiger partial charge in [0.05, 0.1) is 22.9 Å². The van der Waals surface area contributed by atoms with Crippen LogP contribution in [0.2, 0.25) is 0 Å². The molecule has 0 fully saturated rings. The SMILES string of the molecule is Cc1ccccc1S(=O)(=O)N1N=C(c2cccc(NS(C)(=O)=O)c2)CC1c1ccccc1. The molecule has 9 heteroatoms. The summed E-state index contributed by atoms with van der Waals surface area (Å²) in [7, 11) is -7.35. The minimum Gasteiger partial charge on any atom is -0.284 e. The molecule has 3 aromatic carbocycles. The molecule has 1 heterocycles. The number of sulfonamides is 2. The van der Waals surface area contributed by atoms with Gasteiger partial charge < -0.3 is 0 Å². The number of anilines is 1. The quantitative estimate of drug-likeness (QED) is 0.592. The lowest BCUT2D eigenvalue weighted by molar-refractivity contribution is 0.371. The van der Waals surface area contributed by atoms with Gasteiger partial charge in [0.25, 0.3) is 10.0 Å². The lowest BCUT2D eigenvalue weighted by Gasteiger charge is -2.24. The third-order valence-corrected chi connectivity index (χ3v) is 7.62. The summed E-state index contributed by atoms with van der Waals surface area (Å²) in [6.45, 7) is 1.76. The Balaban J connectivity index is 1.79. The van der Waals surface area contributed by atoms with Crippen molar-refractivity contribution in [2.24, 2.45) is 5.10 Å². The van der Waals surface area contributed by atoms with Crippen LogP contribution in [0.5, 0.6) is 0 Å². The van der Waals surface area contributed by atoms with Crippen LogP contribution in [0.15, 0.2) is 88.9 Å². The lowest BCUT2D eigenvalue weighted by atomic mass is 9.99. The second kappa shape index (κ2) is 8.40. The molecule has 4 rings (SSSR count). The molecule has 7 nitrogen and oxygen atoms in total. The highest BCUT2D eigenvalue weighted by Gasteiger charge is 2.38. The lowest BCUT2D eigenvalue weighted by Crippen LogP contribution is -2.27. The zero-order chi connectivity index (χ0) is 22.9. The predicted molar refractivity (Wildman–Crippen MR) is 125 cm³/mol. The Morgan fingerprint density at radius 2 is 1.59 bits per heavy atom. The highest BCUT2D eigenvalue weighted by molar-refractivity contribution is 7.92. The van der Waals surface area contributed by atoms with Gasteiger partial charge in [0.15, 0.2) is 0 Å². The Morgan fingerprint density at radius 3 is 2.28 bits per heavy atom. The molecule has 1 unspecified atom stereocenters. The molecule has 0 saturated carbocycles. The summed E-state index contributed by atoms with van der Waals surface area (Å²) in [4.78, 5) is 0.207. The first-order chi connectivity index (χ1) is 15.1. The molecule has 3 aromatic rings. The molecule has 1 N–H and O–H groups in total. The van der Waals surface area contributed by atoms with E-state index in [0.29, 0.717) is 28.9 Å². The number of hydrogen-bond donors (Lipinski definition) is 1. The second-order valence-corrected chi connectivity index (χ2v) is 11.2. The van der Waals surface area contributed by atoms with Crippen molar-refractivity contribution in [1.29, 1.82) is 0 Å². The number of benzene rings is 3. The van der Waals surface area contributed by atoms with Gasteiger partial charge in [-0.1, -0.05) is 60.7 Å². The van der Waals surface area contributed by atoms with E-state index in [0.717, 1.165) is 11.8 Å². The number of nitrogens with zero attached hydrogens (tertiary/aromatic N) is 2. The van der Waals surface area contributed by atoms with Crippen molar-refractivity contribution < 1.29 is 16.8 Å². The van der Waals surface area contributed by atoms with E-state index in [-0.39, 0.29) is 4.90 Å². The van der Waals surface area contributed by atoms with Crippen molar-refractivity contribution in [1.82, 2.24) is 4.41 Å². The van der Waals surface area contributed by atoms with E-state index in [2.05, 4.69) is 9.82 Å². The van der Waals surface area contributed by atoms with Gasteiger partial charge in [0.1, 0.15) is 0 Å². The van der Waals surface area contributed by atoms with Gasteiger partial charge in [0.2, 0.25) is 10.0 Å². The van der Waals surface area contributed by atoms with Gasteiger partial charge in [-0.3, -0.25) is 4.72 Å². The summed E-state index contributed by atoms with van der Waals surface area (Å²) in [5, 5.41) is 4.53. The molecular weight excluding hydrogens is 446 g/mol. The van der Waals surface area contributed by atoms with Crippen molar-refractivity contribution in [3.8, 4) is 0 Å². The monoisotopic (exact) mass is 469 g/mol. The van der Waals surface area contributed by atoms with Gasteiger partial charge in [0, 0.05) is 12.1 Å². The Bertz CT molecular complexity index is 1390. The third kappa shape index (κ3) is 4.53. The van der Waals surface area contributed by atoms with E-state index in [1.54, 1.807) is 55.5 Å². The molecule has 0 saturated heterocycles. The topological polar surface area (TPSA) is 95.9 Å². The van der Waals surface area contributed by atoms with Crippen molar-refractivity contribution >= 4 is 31.4 Å². The Kier molecular flexibility index (Phi) is 5.79. The van der Waals surface area contributed by atoms with Gasteiger partial charge in [-0.15, -0.1) is 0 Å². The maximum atomic E-state index is 13.6. The van der Waals surface area contributed by atoms with Gasteiger partial charge in [-0.25, -0.2) is 8.42 Å². The van der Waals surface area contributed by atoms with E-state index >= 15 is 0 Å². The molecule has 1 atom stereocenters. The fourth-order valence-corrected chi connectivity index (χ4v) is 5.95. The fraction of sp³-hybridized carbons (Fsp3) is 0.174. The first-order valence-corrected chi connectivity index (χ1v) is 13.3. The molecule has 0 aromatic heterocycles. The molecular formula is C23H23N3O4S2. The fourth-order valence-electron chi connectivity index (χ4n) is 3.73. The molecule has 0 radical (unpaired) electrons. The van der Waals surface area contributed by atoms with Gasteiger partial charge >= 0.3 is 0 Å². The van der Waals surface area contributed by atoms with Crippen molar-refractivity contribution in [3.05, 3.63) is 95.6 Å². The first kappa shape index (κ1) is 22.0. The molecule has 1 aliphatic rings. The number of hydrazone groups is 1. The molecule has 0 aliphatic carbocycles. The maximum absolute atomic E-state index is 13.6. The Hall–Kier alpha value is -3.17. The summed E-state index contributed by atoms with van der Waals surface area (Å²) in [5.41, 5.74) is 3.08. The van der Waals surface area contributed by atoms with E-state index in [1.165, 1.54) is 4.41 Å². The third-order valence-electron chi connectivity index (χ3n) is 5.17. The summed E-state index contributed by atoms with van der Waals surface area (Å²) in [5.74, 6) is 0. The minimum atomic E-state index is -3.91. The summed E-state index contributed by atoms with van der Waals surface area (Å²) in [6, 6.07) is 22.5. The smallest absolute Gasteiger partial charge is 0.279 e. The van der Waals surface area contributed by atoms with E-state index in [1.807, 2.05) is 30.3 Å². The van der Waals surface area contributed by atoms with Crippen LogP contribution in [-0.4, -0.2) is 33.2 Å². The van der Waals surface area contributed by atoms with Gasteiger partial charge in [-0.2, -0.15) is 17.9 Å². The van der Waals surface area contributed by atoms with Crippen LogP contribution in [0, 0.1) is 6.92 Å². The summed E-state index contributed by atoms with van der Waals surface area (Å²) < 4.78 is 54.0. The van der Waals surface area contributed by atoms with E-state index in [9.17, 15) is 16.8 Å². The molecule has 0 amide bonds. The number of aryl methyl sites for hydroxylation is 1. The van der Waals surface area contributed by atoms with Gasteiger partial charge in [-0.05, 0) is 41.8 Å². The van der Waals surface area contributed by atoms with Crippen LogP contribution >= 0.6 is 0 Å². The number of rotatable bonds is 6. The number of hydrogen-bond acceptors (Lipinski definition) is 5. The normalized spacial score (nSPS) is 16.6. The largest absolute Gasteiger partial charge is 0.284 e. The zero-order valence-corrected chi connectivity index (χ0v) is 19.3. The minimum absolute atomic E-state index is 0.207. The maximum Gasteiger partial charge on any atom is 0.279 e. The van der Waals surface area contributed by atoms with Crippen molar-refractivity contribution in [3.63, 3.8) is 0 Å². The molecule has 166 valence electrons. The summed E-state index contributed by atoms with van der Waals surface area (Å²) in [6.07, 6.45) is 1.44. The van der Waals surface area contributed by atoms with Crippen molar-refractivity contribution in [2.75, 3.05) is 11.0 Å². The van der Waals surface area contributed by atoms with Crippen LogP contribution in [0.25, 0.3) is 0 Å². The molecule has 0 spiro atoms. The van der Waals surface area contributed by atoms with Crippen LogP contribution < -0.4 is 4.72 Å². The zero-order valence-electron chi connectivity index (χ0n) is 17.6. The Labute approximate surface area is 188 Å². The standard InChI is InChI=1S/C23H23N3O4S2/c1-17-9-6-7-14-23(17)32(29,30)26-22(18-10-4-3-5-11-18)16-21(24-26)19-12-8-13-20(15-19)25-31(2,27)28/h3-15,22,25H,16H2,1-2H3. The van der Waals surface area contributed by atoms with Crippen molar-refractivity contribution in [2.45, 2.75) is 24.3 Å². The average molecular weight is 470 g/mol. The number of nitrogens with one attached hydrogen (secondary N) is 1. The summed E-state index contributed by atoms with van der Waals surface area (Å²) >= 11 is 0. The average Bonchev–Trinajstić information content (AvgIpc) is 3.20. The first-order valence-electron chi connectivity index (χ1n) is 9.96. The highest BCUT2D eigenvalue weighted by atomic mass is 32.2.